The Morgan fingerprint density at radius 2 is 2.04 bits per heavy atom. The number of fused-ring (bicyclic) bond motifs is 1. The highest BCUT2D eigenvalue weighted by atomic mass is 16.5. The minimum absolute atomic E-state index is 0.457. The highest BCUT2D eigenvalue weighted by Crippen LogP contribution is 2.29. The molecule has 23 heavy (non-hydrogen) atoms. The van der Waals surface area contributed by atoms with E-state index in [1.807, 2.05) is 18.3 Å². The molecule has 4 heteroatoms. The van der Waals surface area contributed by atoms with Crippen LogP contribution in [0.3, 0.4) is 0 Å². The number of nitrogens with two attached hydrogens (primary N) is 1. The summed E-state index contributed by atoms with van der Waals surface area (Å²) in [5, 5.41) is 0. The van der Waals surface area contributed by atoms with Gasteiger partial charge >= 0.3 is 0 Å². The van der Waals surface area contributed by atoms with Crippen LogP contribution in [0.4, 0.5) is 0 Å². The largest absolute Gasteiger partial charge is 0.486 e. The molecule has 0 aliphatic heterocycles. The summed E-state index contributed by atoms with van der Waals surface area (Å²) in [7, 11) is 0. The normalized spacial score (nSPS) is 10.9. The fourth-order valence-corrected chi connectivity index (χ4v) is 2.67. The van der Waals surface area contributed by atoms with E-state index in [-0.39, 0.29) is 0 Å². The SMILES string of the molecule is C=CCOc1cccn2c(CCN)c(-c3ccc(C)cc3)nc12. The summed E-state index contributed by atoms with van der Waals surface area (Å²) in [5.74, 6) is 0.754. The van der Waals surface area contributed by atoms with Gasteiger partial charge in [-0.25, -0.2) is 4.98 Å². The first-order valence-electron chi connectivity index (χ1n) is 7.75. The Kier molecular flexibility index (Phi) is 4.44. The van der Waals surface area contributed by atoms with Gasteiger partial charge in [-0.1, -0.05) is 42.5 Å². The topological polar surface area (TPSA) is 52.5 Å². The van der Waals surface area contributed by atoms with E-state index >= 15 is 0 Å². The highest BCUT2D eigenvalue weighted by Gasteiger charge is 2.16. The van der Waals surface area contributed by atoms with Gasteiger partial charge in [-0.05, 0) is 25.6 Å². The van der Waals surface area contributed by atoms with Crippen LogP contribution >= 0.6 is 0 Å². The van der Waals surface area contributed by atoms with Gasteiger partial charge in [0.05, 0.1) is 11.4 Å². The van der Waals surface area contributed by atoms with Crippen LogP contribution in [0.2, 0.25) is 0 Å². The Labute approximate surface area is 136 Å². The van der Waals surface area contributed by atoms with Crippen molar-refractivity contribution in [2.75, 3.05) is 13.2 Å². The third kappa shape index (κ3) is 2.98. The number of hydrogen-bond donors (Lipinski definition) is 1. The maximum absolute atomic E-state index is 5.81. The van der Waals surface area contributed by atoms with Gasteiger partial charge in [0.1, 0.15) is 6.61 Å². The zero-order valence-corrected chi connectivity index (χ0v) is 13.3. The number of imidazole rings is 1. The maximum atomic E-state index is 5.81. The first-order chi connectivity index (χ1) is 11.2. The van der Waals surface area contributed by atoms with Crippen molar-refractivity contribution in [2.24, 2.45) is 5.73 Å². The van der Waals surface area contributed by atoms with Crippen LogP contribution in [0.25, 0.3) is 16.9 Å². The van der Waals surface area contributed by atoms with Crippen LogP contribution in [-0.4, -0.2) is 22.5 Å². The maximum Gasteiger partial charge on any atom is 0.180 e. The number of nitrogens with zero attached hydrogens (tertiary/aromatic N) is 2. The fraction of sp³-hybridized carbons (Fsp3) is 0.211. The molecule has 2 heterocycles. The lowest BCUT2D eigenvalue weighted by molar-refractivity contribution is 0.365. The minimum atomic E-state index is 0.457. The standard InChI is InChI=1S/C19H21N3O/c1-3-13-23-17-5-4-12-22-16(10-11-20)18(21-19(17)22)15-8-6-14(2)7-9-15/h3-9,12H,1,10-11,13,20H2,2H3. The van der Waals surface area contributed by atoms with Crippen molar-refractivity contribution in [1.82, 2.24) is 9.38 Å². The number of hydrogen-bond acceptors (Lipinski definition) is 3. The number of rotatable bonds is 6. The fourth-order valence-electron chi connectivity index (χ4n) is 2.67. The molecule has 0 spiro atoms. The van der Waals surface area contributed by atoms with Crippen LogP contribution in [-0.2, 0) is 6.42 Å². The monoisotopic (exact) mass is 307 g/mol. The van der Waals surface area contributed by atoms with E-state index in [4.69, 9.17) is 15.5 Å². The highest BCUT2D eigenvalue weighted by molar-refractivity contribution is 5.69. The average molecular weight is 307 g/mol. The van der Waals surface area contributed by atoms with Crippen molar-refractivity contribution in [3.8, 4) is 17.0 Å². The molecule has 4 nitrogen and oxygen atoms in total. The lowest BCUT2D eigenvalue weighted by Crippen LogP contribution is -2.06. The Hall–Kier alpha value is -2.59. The zero-order chi connectivity index (χ0) is 16.2. The molecule has 0 amide bonds. The number of ether oxygens (including phenoxy) is 1. The van der Waals surface area contributed by atoms with Gasteiger partial charge in [-0.2, -0.15) is 0 Å². The van der Waals surface area contributed by atoms with Gasteiger partial charge in [0, 0.05) is 18.2 Å². The lowest BCUT2D eigenvalue weighted by Gasteiger charge is -2.06. The minimum Gasteiger partial charge on any atom is -0.486 e. The van der Waals surface area contributed by atoms with Crippen LogP contribution in [0.5, 0.6) is 5.75 Å². The zero-order valence-electron chi connectivity index (χ0n) is 13.3. The average Bonchev–Trinajstić information content (AvgIpc) is 2.93. The molecule has 0 aliphatic rings. The molecule has 0 atom stereocenters. The summed E-state index contributed by atoms with van der Waals surface area (Å²) in [6.07, 6.45) is 4.50. The first-order valence-corrected chi connectivity index (χ1v) is 7.75. The van der Waals surface area contributed by atoms with Crippen molar-refractivity contribution in [2.45, 2.75) is 13.3 Å². The van der Waals surface area contributed by atoms with Gasteiger partial charge in [-0.3, -0.25) is 0 Å². The Bertz CT molecular complexity index is 818. The Morgan fingerprint density at radius 1 is 1.26 bits per heavy atom. The number of benzene rings is 1. The second-order valence-corrected chi connectivity index (χ2v) is 5.48. The van der Waals surface area contributed by atoms with Gasteiger partial charge < -0.3 is 14.9 Å². The predicted octanol–water partition coefficient (Wildman–Crippen LogP) is 3.38. The Balaban J connectivity index is 2.18. The van der Waals surface area contributed by atoms with Crippen molar-refractivity contribution < 1.29 is 4.74 Å². The van der Waals surface area contributed by atoms with Crippen LogP contribution in [0.1, 0.15) is 11.3 Å². The third-order valence-electron chi connectivity index (χ3n) is 3.78. The summed E-state index contributed by atoms with van der Waals surface area (Å²) in [5.41, 5.74) is 11.0. The molecule has 3 rings (SSSR count). The van der Waals surface area contributed by atoms with E-state index in [1.165, 1.54) is 5.56 Å². The summed E-state index contributed by atoms with van der Waals surface area (Å²) < 4.78 is 7.81. The molecule has 0 aliphatic carbocycles. The van der Waals surface area contributed by atoms with E-state index in [0.29, 0.717) is 13.2 Å². The van der Waals surface area contributed by atoms with Gasteiger partial charge in [0.25, 0.3) is 0 Å². The van der Waals surface area contributed by atoms with Gasteiger partial charge in [-0.15, -0.1) is 0 Å². The molecular weight excluding hydrogens is 286 g/mol. The second kappa shape index (κ2) is 6.67. The molecular formula is C19H21N3O. The third-order valence-corrected chi connectivity index (χ3v) is 3.78. The molecule has 0 saturated carbocycles. The number of aryl methyl sites for hydroxylation is 1. The van der Waals surface area contributed by atoms with Crippen LogP contribution in [0, 0.1) is 6.92 Å². The summed E-state index contributed by atoms with van der Waals surface area (Å²) >= 11 is 0. The van der Waals surface area contributed by atoms with Crippen molar-refractivity contribution in [1.29, 1.82) is 0 Å². The molecule has 0 unspecified atom stereocenters. The molecule has 0 saturated heterocycles. The quantitative estimate of drug-likeness (QED) is 0.710. The molecule has 0 radical (unpaired) electrons. The number of aromatic nitrogens is 2. The molecule has 2 N–H and O–H groups in total. The summed E-state index contributed by atoms with van der Waals surface area (Å²) in [4.78, 5) is 4.83. The predicted molar refractivity (Wildman–Crippen MR) is 93.8 cm³/mol. The molecule has 118 valence electrons. The lowest BCUT2D eigenvalue weighted by atomic mass is 10.1. The molecule has 2 aromatic heterocycles. The van der Waals surface area contributed by atoms with Crippen LogP contribution < -0.4 is 10.5 Å². The van der Waals surface area contributed by atoms with E-state index in [2.05, 4.69) is 42.2 Å². The van der Waals surface area contributed by atoms with Gasteiger partial charge in [0.15, 0.2) is 11.4 Å². The summed E-state index contributed by atoms with van der Waals surface area (Å²) in [6, 6.07) is 12.3. The van der Waals surface area contributed by atoms with Gasteiger partial charge in [0.2, 0.25) is 0 Å². The van der Waals surface area contributed by atoms with E-state index in [9.17, 15) is 0 Å². The first kappa shape index (κ1) is 15.3. The van der Waals surface area contributed by atoms with E-state index in [0.717, 1.165) is 34.8 Å². The Morgan fingerprint density at radius 3 is 2.74 bits per heavy atom. The molecule has 0 bridgehead atoms. The van der Waals surface area contributed by atoms with Crippen molar-refractivity contribution >= 4 is 5.65 Å². The van der Waals surface area contributed by atoms with Crippen LogP contribution in [0.15, 0.2) is 55.3 Å². The van der Waals surface area contributed by atoms with E-state index < -0.39 is 0 Å². The molecule has 3 aromatic rings. The second-order valence-electron chi connectivity index (χ2n) is 5.48. The molecule has 1 aromatic carbocycles. The summed E-state index contributed by atoms with van der Waals surface area (Å²) in [6.45, 7) is 6.80. The molecule has 0 fully saturated rings. The number of pyridine rings is 1. The van der Waals surface area contributed by atoms with Crippen molar-refractivity contribution in [3.05, 3.63) is 66.5 Å². The van der Waals surface area contributed by atoms with E-state index in [1.54, 1.807) is 6.08 Å². The van der Waals surface area contributed by atoms with Crippen molar-refractivity contribution in [3.63, 3.8) is 0 Å². The smallest absolute Gasteiger partial charge is 0.180 e.